The first kappa shape index (κ1) is 15.2. The smallest absolute Gasteiger partial charge is 0.271 e. The summed E-state index contributed by atoms with van der Waals surface area (Å²) < 4.78 is 0. The summed E-state index contributed by atoms with van der Waals surface area (Å²) in [6.07, 6.45) is -0.865. The molecule has 104 valence electrons. The van der Waals surface area contributed by atoms with E-state index in [-0.39, 0.29) is 0 Å². The van der Waals surface area contributed by atoms with Crippen LogP contribution in [0.2, 0.25) is 0 Å². The highest BCUT2D eigenvalue weighted by Gasteiger charge is 2.22. The third-order valence-electron chi connectivity index (χ3n) is 2.27. The number of nitrogens with zero attached hydrogens (tertiary/aromatic N) is 2. The van der Waals surface area contributed by atoms with Crippen LogP contribution in [0.5, 0.6) is 0 Å². The Bertz CT molecular complexity index is 426. The van der Waals surface area contributed by atoms with E-state index in [1.807, 2.05) is 0 Å². The van der Waals surface area contributed by atoms with Crippen LogP contribution in [-0.4, -0.2) is 62.5 Å². The predicted molar refractivity (Wildman–Crippen MR) is 65.3 cm³/mol. The molecule has 1 heterocycles. The van der Waals surface area contributed by atoms with Crippen LogP contribution in [0, 0.1) is 0 Å². The van der Waals surface area contributed by atoms with E-state index in [0.717, 1.165) is 6.21 Å². The van der Waals surface area contributed by atoms with Gasteiger partial charge in [-0.3, -0.25) is 9.78 Å². The zero-order chi connectivity index (χ0) is 14.3. The molecule has 0 fully saturated rings. The number of hydrazone groups is 1. The Hall–Kier alpha value is -1.87. The van der Waals surface area contributed by atoms with Gasteiger partial charge in [-0.2, -0.15) is 5.10 Å². The zero-order valence-corrected chi connectivity index (χ0v) is 9.92. The SMILES string of the molecule is O=C(N/N=C/[C@@H](O)[C@@H](O)[C@H](O)CO)c1ccncc1. The fourth-order valence-corrected chi connectivity index (χ4v) is 1.16. The van der Waals surface area contributed by atoms with Crippen molar-refractivity contribution in [2.24, 2.45) is 5.10 Å². The Kier molecular flexibility index (Phi) is 6.03. The number of nitrogens with one attached hydrogen (secondary N) is 1. The van der Waals surface area contributed by atoms with Crippen LogP contribution < -0.4 is 5.43 Å². The van der Waals surface area contributed by atoms with E-state index in [4.69, 9.17) is 10.2 Å². The maximum Gasteiger partial charge on any atom is 0.271 e. The largest absolute Gasteiger partial charge is 0.394 e. The third-order valence-corrected chi connectivity index (χ3v) is 2.27. The molecule has 0 unspecified atom stereocenters. The molecule has 5 N–H and O–H groups in total. The first-order valence-corrected chi connectivity index (χ1v) is 5.45. The van der Waals surface area contributed by atoms with E-state index in [9.17, 15) is 15.0 Å². The standard InChI is InChI=1S/C11H15N3O5/c15-6-9(17)10(18)8(16)5-13-14-11(19)7-1-3-12-4-2-7/h1-5,8-10,15-18H,6H2,(H,14,19)/b13-5+/t8-,9-,10-/m1/s1. The topological polar surface area (TPSA) is 135 Å². The molecule has 0 aliphatic heterocycles. The van der Waals surface area contributed by atoms with Crippen LogP contribution in [0.4, 0.5) is 0 Å². The lowest BCUT2D eigenvalue weighted by molar-refractivity contribution is -0.0542. The van der Waals surface area contributed by atoms with Crippen LogP contribution >= 0.6 is 0 Å². The van der Waals surface area contributed by atoms with E-state index in [1.54, 1.807) is 0 Å². The number of aromatic nitrogens is 1. The highest BCUT2D eigenvalue weighted by Crippen LogP contribution is 1.98. The summed E-state index contributed by atoms with van der Waals surface area (Å²) in [6, 6.07) is 2.96. The minimum atomic E-state index is -1.59. The average molecular weight is 269 g/mol. The van der Waals surface area contributed by atoms with Gasteiger partial charge in [-0.05, 0) is 12.1 Å². The van der Waals surface area contributed by atoms with Crippen LogP contribution in [0.1, 0.15) is 10.4 Å². The molecule has 0 spiro atoms. The minimum Gasteiger partial charge on any atom is -0.394 e. The number of carbonyl (C=O) groups excluding carboxylic acids is 1. The molecular weight excluding hydrogens is 254 g/mol. The van der Waals surface area contributed by atoms with Gasteiger partial charge in [0.1, 0.15) is 18.3 Å². The number of rotatable bonds is 6. The Balaban J connectivity index is 2.48. The first-order valence-electron chi connectivity index (χ1n) is 5.45. The molecular formula is C11H15N3O5. The highest BCUT2D eigenvalue weighted by molar-refractivity contribution is 5.94. The second kappa shape index (κ2) is 7.54. The van der Waals surface area contributed by atoms with Crippen LogP contribution in [0.25, 0.3) is 0 Å². The van der Waals surface area contributed by atoms with E-state index in [1.165, 1.54) is 24.5 Å². The van der Waals surface area contributed by atoms with E-state index in [2.05, 4.69) is 15.5 Å². The molecule has 8 nitrogen and oxygen atoms in total. The lowest BCUT2D eigenvalue weighted by atomic mass is 10.1. The van der Waals surface area contributed by atoms with Crippen molar-refractivity contribution in [1.82, 2.24) is 10.4 Å². The molecule has 3 atom stereocenters. The van der Waals surface area contributed by atoms with Crippen LogP contribution in [-0.2, 0) is 0 Å². The summed E-state index contributed by atoms with van der Waals surface area (Å²) in [4.78, 5) is 15.2. The van der Waals surface area contributed by atoms with Crippen molar-refractivity contribution in [3.8, 4) is 0 Å². The molecule has 0 bridgehead atoms. The summed E-state index contributed by atoms with van der Waals surface area (Å²) >= 11 is 0. The van der Waals surface area contributed by atoms with Crippen LogP contribution in [0.3, 0.4) is 0 Å². The molecule has 1 aromatic heterocycles. The van der Waals surface area contributed by atoms with E-state index >= 15 is 0 Å². The number of aliphatic hydroxyl groups is 4. The molecule has 0 radical (unpaired) electrons. The summed E-state index contributed by atoms with van der Waals surface area (Å²) in [5.74, 6) is -0.511. The zero-order valence-electron chi connectivity index (χ0n) is 9.92. The van der Waals surface area contributed by atoms with E-state index < -0.39 is 30.8 Å². The average Bonchev–Trinajstić information content (AvgIpc) is 2.46. The van der Waals surface area contributed by atoms with Gasteiger partial charge in [-0.15, -0.1) is 0 Å². The van der Waals surface area contributed by atoms with Gasteiger partial charge in [0.05, 0.1) is 12.8 Å². The fourth-order valence-electron chi connectivity index (χ4n) is 1.16. The van der Waals surface area contributed by atoms with Crippen molar-refractivity contribution >= 4 is 12.1 Å². The summed E-state index contributed by atoms with van der Waals surface area (Å²) in [5.41, 5.74) is 2.46. The van der Waals surface area contributed by atoms with Crippen molar-refractivity contribution < 1.29 is 25.2 Å². The molecule has 0 saturated heterocycles. The molecule has 0 saturated carbocycles. The Labute approximate surface area is 109 Å². The van der Waals surface area contributed by atoms with Crippen molar-refractivity contribution in [1.29, 1.82) is 0 Å². The lowest BCUT2D eigenvalue weighted by Gasteiger charge is -2.17. The summed E-state index contributed by atoms with van der Waals surface area (Å²) in [7, 11) is 0. The molecule has 19 heavy (non-hydrogen) atoms. The van der Waals surface area contributed by atoms with Gasteiger partial charge >= 0.3 is 0 Å². The van der Waals surface area contributed by atoms with Gasteiger partial charge in [-0.1, -0.05) is 0 Å². The monoisotopic (exact) mass is 269 g/mol. The number of pyridine rings is 1. The molecule has 1 rings (SSSR count). The van der Waals surface area contributed by atoms with Gasteiger partial charge in [0.25, 0.3) is 5.91 Å². The number of hydrogen-bond donors (Lipinski definition) is 5. The Morgan fingerprint density at radius 3 is 2.58 bits per heavy atom. The fraction of sp³-hybridized carbons (Fsp3) is 0.364. The second-order valence-electron chi connectivity index (χ2n) is 3.69. The molecule has 8 heteroatoms. The summed E-state index contributed by atoms with van der Waals surface area (Å²) in [5, 5.41) is 39.7. The number of amides is 1. The van der Waals surface area contributed by atoms with Gasteiger partial charge in [0.2, 0.25) is 0 Å². The molecule has 0 aromatic carbocycles. The maximum absolute atomic E-state index is 11.5. The van der Waals surface area contributed by atoms with E-state index in [0.29, 0.717) is 5.56 Å². The van der Waals surface area contributed by atoms with Crippen molar-refractivity contribution in [3.63, 3.8) is 0 Å². The van der Waals surface area contributed by atoms with Crippen molar-refractivity contribution in [2.45, 2.75) is 18.3 Å². The quantitative estimate of drug-likeness (QED) is 0.296. The molecule has 0 aliphatic carbocycles. The van der Waals surface area contributed by atoms with Crippen LogP contribution in [0.15, 0.2) is 29.6 Å². The number of carbonyl (C=O) groups is 1. The van der Waals surface area contributed by atoms with Gasteiger partial charge in [-0.25, -0.2) is 5.43 Å². The summed E-state index contributed by atoms with van der Waals surface area (Å²) in [6.45, 7) is -0.699. The Morgan fingerprint density at radius 1 is 1.37 bits per heavy atom. The number of hydrogen-bond acceptors (Lipinski definition) is 7. The van der Waals surface area contributed by atoms with Gasteiger partial charge < -0.3 is 20.4 Å². The maximum atomic E-state index is 11.5. The molecule has 1 amide bonds. The molecule has 0 aliphatic rings. The Morgan fingerprint density at radius 2 is 2.00 bits per heavy atom. The second-order valence-corrected chi connectivity index (χ2v) is 3.69. The highest BCUT2D eigenvalue weighted by atomic mass is 16.4. The minimum absolute atomic E-state index is 0.331. The van der Waals surface area contributed by atoms with Crippen molar-refractivity contribution in [2.75, 3.05) is 6.61 Å². The first-order chi connectivity index (χ1) is 9.06. The lowest BCUT2D eigenvalue weighted by Crippen LogP contribution is -2.40. The van der Waals surface area contributed by atoms with Crippen molar-refractivity contribution in [3.05, 3.63) is 30.1 Å². The molecule has 1 aromatic rings. The number of aliphatic hydroxyl groups excluding tert-OH is 4. The normalized spacial score (nSPS) is 16.0. The predicted octanol–water partition coefficient (Wildman–Crippen LogP) is -2.13. The van der Waals surface area contributed by atoms with Gasteiger partial charge in [0, 0.05) is 18.0 Å². The van der Waals surface area contributed by atoms with Gasteiger partial charge in [0.15, 0.2) is 0 Å². The third kappa shape index (κ3) is 4.72.